The summed E-state index contributed by atoms with van der Waals surface area (Å²) in [4.78, 5) is 34.7. The Morgan fingerprint density at radius 1 is 1.30 bits per heavy atom. The minimum absolute atomic E-state index is 0. The fourth-order valence-corrected chi connectivity index (χ4v) is 2.89. The van der Waals surface area contributed by atoms with E-state index in [1.54, 1.807) is 30.3 Å². The van der Waals surface area contributed by atoms with Crippen LogP contribution in [0.3, 0.4) is 0 Å². The van der Waals surface area contributed by atoms with Crippen molar-refractivity contribution >= 4 is 35.0 Å². The third-order valence-corrected chi connectivity index (χ3v) is 4.11. The second-order valence-corrected chi connectivity index (χ2v) is 5.92. The molecule has 6 nitrogen and oxygen atoms in total. The minimum atomic E-state index is -0.395. The maximum Gasteiger partial charge on any atom is 0.293 e. The summed E-state index contributed by atoms with van der Waals surface area (Å²) in [6, 6.07) is 6.39. The number of esters is 1. The van der Waals surface area contributed by atoms with Gasteiger partial charge in [-0.05, 0) is 41.6 Å². The molecule has 0 bridgehead atoms. The average Bonchev–Trinajstić information content (AvgIpc) is 3.12. The number of benzene rings is 1. The van der Waals surface area contributed by atoms with Crippen LogP contribution in [-0.4, -0.2) is 29.7 Å². The largest absolute Gasteiger partial charge is 0.650 e. The number of nitrogens with zero attached hydrogens (tertiary/aromatic N) is 1. The number of rotatable bonds is 3. The number of imide groups is 1. The molecule has 3 rings (SSSR count). The molecule has 2 fully saturated rings. The van der Waals surface area contributed by atoms with Crippen LogP contribution in [0.1, 0.15) is 18.4 Å². The Hall–Kier alpha value is -1.02. The Balaban J connectivity index is 0.00000192. The van der Waals surface area contributed by atoms with Crippen molar-refractivity contribution in [3.63, 3.8) is 0 Å². The topological polar surface area (TPSA) is 86.6 Å². The first-order chi connectivity index (χ1) is 10.6. The Bertz CT molecular complexity index is 654. The smallest absolute Gasteiger partial charge is 0.293 e. The van der Waals surface area contributed by atoms with E-state index in [0.717, 1.165) is 30.2 Å². The number of ether oxygens (including phenoxy) is 1. The summed E-state index contributed by atoms with van der Waals surface area (Å²) in [5.74, 6) is -0.290. The molecule has 2 aliphatic rings. The molecule has 8 heteroatoms. The maximum absolute atomic E-state index is 11.8. The van der Waals surface area contributed by atoms with E-state index >= 15 is 0 Å². The van der Waals surface area contributed by atoms with Crippen molar-refractivity contribution in [3.8, 4) is 5.75 Å². The van der Waals surface area contributed by atoms with E-state index in [2.05, 4.69) is 10.6 Å². The van der Waals surface area contributed by atoms with Crippen molar-refractivity contribution in [2.75, 3.05) is 6.54 Å². The molecule has 1 atom stereocenters. The zero-order valence-corrected chi connectivity index (χ0v) is 15.8. The van der Waals surface area contributed by atoms with Crippen molar-refractivity contribution in [2.45, 2.75) is 18.9 Å². The Kier molecular flexibility index (Phi) is 6.53. The third kappa shape index (κ3) is 4.73. The molecule has 1 radical (unpaired) electrons. The Morgan fingerprint density at radius 3 is 2.61 bits per heavy atom. The molecule has 2 heterocycles. The van der Waals surface area contributed by atoms with Gasteiger partial charge in [0.2, 0.25) is 0 Å². The van der Waals surface area contributed by atoms with Gasteiger partial charge in [0, 0.05) is 32.7 Å². The summed E-state index contributed by atoms with van der Waals surface area (Å²) in [6.45, 7) is 0.713. The van der Waals surface area contributed by atoms with E-state index in [4.69, 9.17) is 4.74 Å². The van der Waals surface area contributed by atoms with E-state index in [9.17, 15) is 14.4 Å². The number of nitrogens with one attached hydrogen (secondary N) is 1. The number of hydrogen-bond acceptors (Lipinski definition) is 5. The number of hydrogen-bond donors (Lipinski definition) is 1. The molecule has 0 aromatic heterocycles. The van der Waals surface area contributed by atoms with Gasteiger partial charge in [-0.25, -0.2) is 0 Å². The van der Waals surface area contributed by atoms with Gasteiger partial charge in [-0.15, -0.1) is 6.54 Å². The summed E-state index contributed by atoms with van der Waals surface area (Å²) in [6.07, 6.45) is 3.27. The fourth-order valence-electron chi connectivity index (χ4n) is 2.20. The van der Waals surface area contributed by atoms with Crippen molar-refractivity contribution in [3.05, 3.63) is 40.1 Å². The quantitative estimate of drug-likeness (QED) is 0.474. The van der Waals surface area contributed by atoms with E-state index in [-0.39, 0.29) is 50.0 Å². The predicted molar refractivity (Wildman–Crippen MR) is 82.4 cm³/mol. The van der Waals surface area contributed by atoms with Crippen LogP contribution < -0.4 is 10.1 Å². The number of amides is 2. The minimum Gasteiger partial charge on any atom is -0.650 e. The summed E-state index contributed by atoms with van der Waals surface area (Å²) in [7, 11) is 0. The summed E-state index contributed by atoms with van der Waals surface area (Å²) in [5, 5.41) is 5.99. The van der Waals surface area contributed by atoms with E-state index in [1.165, 1.54) is 0 Å². The first kappa shape index (κ1) is 18.3. The van der Waals surface area contributed by atoms with Crippen molar-refractivity contribution in [2.24, 2.45) is 0 Å². The third-order valence-electron chi connectivity index (χ3n) is 3.30. The molecular formula is C15H13N2O4SY-. The molecule has 1 aromatic rings. The van der Waals surface area contributed by atoms with Crippen molar-refractivity contribution in [1.82, 2.24) is 5.32 Å². The van der Waals surface area contributed by atoms with Gasteiger partial charge in [-0.2, -0.15) is 0 Å². The average molecular weight is 406 g/mol. The van der Waals surface area contributed by atoms with Crippen LogP contribution in [0.25, 0.3) is 11.4 Å². The van der Waals surface area contributed by atoms with Crippen LogP contribution in [0, 0.1) is 0 Å². The van der Waals surface area contributed by atoms with E-state index in [0.29, 0.717) is 17.2 Å². The van der Waals surface area contributed by atoms with Crippen molar-refractivity contribution < 1.29 is 51.8 Å². The fraction of sp³-hybridized carbons (Fsp3) is 0.267. The molecule has 2 amide bonds. The normalized spacial score (nSPS) is 21.9. The van der Waals surface area contributed by atoms with Gasteiger partial charge < -0.3 is 10.1 Å². The van der Waals surface area contributed by atoms with E-state index < -0.39 is 5.91 Å². The molecule has 2 saturated heterocycles. The van der Waals surface area contributed by atoms with Gasteiger partial charge in [-0.1, -0.05) is 25.0 Å². The molecule has 1 N–H and O–H groups in total. The van der Waals surface area contributed by atoms with Crippen LogP contribution in [-0.2, 0) is 42.3 Å². The molecule has 2 aliphatic heterocycles. The van der Waals surface area contributed by atoms with Gasteiger partial charge >= 0.3 is 0 Å². The Morgan fingerprint density at radius 2 is 2.04 bits per heavy atom. The number of thioether (sulfide) groups is 1. The molecule has 1 aromatic carbocycles. The summed E-state index contributed by atoms with van der Waals surface area (Å²) < 4.78 is 5.27. The van der Waals surface area contributed by atoms with Crippen LogP contribution in [0.15, 0.2) is 29.2 Å². The van der Waals surface area contributed by atoms with Crippen LogP contribution >= 0.6 is 11.8 Å². The summed E-state index contributed by atoms with van der Waals surface area (Å²) >= 11 is 0.864. The first-order valence-electron chi connectivity index (χ1n) is 6.85. The molecule has 117 valence electrons. The number of carbonyl (C=O) groups excluding carboxylic acids is 3. The SMILES string of the molecule is O=C1NC(=O)/C(=C/c2ccc(OC(=O)[C@@H]3CCC[N-]3)cc2)S1.[Y]. The van der Waals surface area contributed by atoms with Crippen molar-refractivity contribution in [1.29, 1.82) is 0 Å². The molecule has 0 aliphatic carbocycles. The second-order valence-electron chi connectivity index (χ2n) is 4.91. The maximum atomic E-state index is 11.8. The van der Waals surface area contributed by atoms with Crippen LogP contribution in [0.4, 0.5) is 4.79 Å². The molecule has 0 unspecified atom stereocenters. The van der Waals surface area contributed by atoms with Gasteiger partial charge in [0.1, 0.15) is 5.75 Å². The zero-order chi connectivity index (χ0) is 15.5. The van der Waals surface area contributed by atoms with Crippen LogP contribution in [0.2, 0.25) is 0 Å². The Labute approximate surface area is 162 Å². The molecular weight excluding hydrogens is 393 g/mol. The van der Waals surface area contributed by atoms with Crippen LogP contribution in [0.5, 0.6) is 5.75 Å². The molecule has 23 heavy (non-hydrogen) atoms. The number of carbonyl (C=O) groups is 3. The van der Waals surface area contributed by atoms with E-state index in [1.807, 2.05) is 0 Å². The zero-order valence-electron chi connectivity index (χ0n) is 12.2. The predicted octanol–water partition coefficient (Wildman–Crippen LogP) is 2.45. The monoisotopic (exact) mass is 406 g/mol. The first-order valence-corrected chi connectivity index (χ1v) is 7.67. The molecule has 0 spiro atoms. The van der Waals surface area contributed by atoms with Gasteiger partial charge in [0.05, 0.1) is 4.91 Å². The standard InChI is InChI=1S/C15H13N2O4S.Y/c18-13-12(22-15(20)17-13)8-9-3-5-10(6-4-9)21-14(19)11-2-1-7-16-11;/h3-6,8,11H,1-2,7H2,(H,17,18,20);/q-1;/b12-8-;/t11-;/m0./s1. The molecule has 0 saturated carbocycles. The van der Waals surface area contributed by atoms with Gasteiger partial charge in [-0.3, -0.25) is 19.7 Å². The van der Waals surface area contributed by atoms with Gasteiger partial charge in [0.15, 0.2) is 0 Å². The summed E-state index contributed by atoms with van der Waals surface area (Å²) in [5.41, 5.74) is 0.748. The second kappa shape index (κ2) is 8.19. The van der Waals surface area contributed by atoms with Gasteiger partial charge in [0.25, 0.3) is 17.1 Å².